The number of hydrogen-bond donors (Lipinski definition) is 6. The second kappa shape index (κ2) is 7.57. The van der Waals surface area contributed by atoms with Crippen molar-refractivity contribution in [3.63, 3.8) is 0 Å². The minimum atomic E-state index is -1.74. The van der Waals surface area contributed by atoms with Gasteiger partial charge in [-0.05, 0) is 0 Å². The molecular weight excluding hydrogens is 189 g/mol. The number of nitrogens with two attached hydrogens (primary N) is 2. The Labute approximate surface area is 83.4 Å². The van der Waals surface area contributed by atoms with E-state index in [-0.39, 0.29) is 19.2 Å². The Hall–Kier alpha value is -0.825. The summed E-state index contributed by atoms with van der Waals surface area (Å²) in [7, 11) is -1.74. The number of hydrogen-bond acceptors (Lipinski definition) is 5. The third-order valence-corrected chi connectivity index (χ3v) is 1.05. The Morgan fingerprint density at radius 3 is 2.00 bits per heavy atom. The number of aliphatic hydroxyl groups excluding tert-OH is 1. The van der Waals surface area contributed by atoms with Crippen LogP contribution in [0.1, 0.15) is 13.8 Å². The van der Waals surface area contributed by atoms with E-state index in [9.17, 15) is 0 Å². The second-order valence-corrected chi connectivity index (χ2v) is 3.41. The molecule has 0 radical (unpaired) electrons. The van der Waals surface area contributed by atoms with Crippen molar-refractivity contribution in [3.05, 3.63) is 0 Å². The van der Waals surface area contributed by atoms with E-state index in [0.29, 0.717) is 0 Å². The van der Waals surface area contributed by atoms with Crippen LogP contribution < -0.4 is 11.5 Å². The van der Waals surface area contributed by atoms with Crippen molar-refractivity contribution in [3.8, 4) is 0 Å². The van der Waals surface area contributed by atoms with Crippen molar-refractivity contribution in [2.24, 2.45) is 16.9 Å². The van der Waals surface area contributed by atoms with E-state index < -0.39 is 12.7 Å². The van der Waals surface area contributed by atoms with Gasteiger partial charge in [0, 0.05) is 12.0 Å². The van der Waals surface area contributed by atoms with Crippen molar-refractivity contribution in [2.45, 2.75) is 13.8 Å². The first-order valence-electron chi connectivity index (χ1n) is 3.89. The van der Waals surface area contributed by atoms with E-state index in [1.165, 1.54) is 0 Å². The van der Waals surface area contributed by atoms with Crippen LogP contribution in [0, 0.1) is 10.8 Å². The van der Waals surface area contributed by atoms with Crippen LogP contribution in [-0.2, 0) is 4.65 Å². The van der Waals surface area contributed by atoms with Crippen LogP contribution in [0.15, 0.2) is 0 Å². The van der Waals surface area contributed by atoms with Crippen molar-refractivity contribution < 1.29 is 19.8 Å². The van der Waals surface area contributed by atoms with E-state index in [2.05, 4.69) is 16.1 Å². The van der Waals surface area contributed by atoms with Gasteiger partial charge in [-0.15, -0.1) is 0 Å². The van der Waals surface area contributed by atoms with Gasteiger partial charge < -0.3 is 31.3 Å². The van der Waals surface area contributed by atoms with Crippen LogP contribution in [0.5, 0.6) is 0 Å². The largest absolute Gasteiger partial charge is 0.633 e. The SMILES string of the molecule is CC(C)(CO)COB(O)O.N=C(N)N. The highest BCUT2D eigenvalue weighted by Crippen LogP contribution is 2.13. The maximum Gasteiger partial charge on any atom is 0.633 e. The number of aliphatic hydroxyl groups is 1. The molecule has 84 valence electrons. The maximum atomic E-state index is 8.66. The summed E-state index contributed by atoms with van der Waals surface area (Å²) in [4.78, 5) is 0. The molecule has 0 aromatic heterocycles. The lowest BCUT2D eigenvalue weighted by Gasteiger charge is -2.20. The predicted molar refractivity (Wildman–Crippen MR) is 53.1 cm³/mol. The van der Waals surface area contributed by atoms with Crippen molar-refractivity contribution in [1.82, 2.24) is 0 Å². The number of rotatable bonds is 4. The van der Waals surface area contributed by atoms with E-state index in [0.717, 1.165) is 0 Å². The summed E-state index contributed by atoms with van der Waals surface area (Å²) >= 11 is 0. The first-order valence-corrected chi connectivity index (χ1v) is 3.89. The van der Waals surface area contributed by atoms with Gasteiger partial charge in [-0.1, -0.05) is 13.8 Å². The Morgan fingerprint density at radius 1 is 1.43 bits per heavy atom. The topological polar surface area (TPSA) is 146 Å². The molecule has 8 N–H and O–H groups in total. The highest BCUT2D eigenvalue weighted by Gasteiger charge is 2.20. The molecule has 0 rings (SSSR count). The summed E-state index contributed by atoms with van der Waals surface area (Å²) in [5.41, 5.74) is 8.53. The fraction of sp³-hybridized carbons (Fsp3) is 0.833. The zero-order valence-electron chi connectivity index (χ0n) is 8.40. The standard InChI is InChI=1S/C5H13BO4.CH5N3/c1-5(2,3-7)4-10-6(8)9;2-1(3)4/h7-9H,3-4H2,1-2H3;(H5,2,3,4). The van der Waals surface area contributed by atoms with E-state index >= 15 is 0 Å². The second-order valence-electron chi connectivity index (χ2n) is 3.41. The lowest BCUT2D eigenvalue weighted by molar-refractivity contribution is 0.0687. The predicted octanol–water partition coefficient (Wildman–Crippen LogP) is -2.17. The molecule has 0 saturated carbocycles. The average molecular weight is 207 g/mol. The smallest absolute Gasteiger partial charge is 0.402 e. The molecule has 0 amide bonds. The molecule has 8 heteroatoms. The van der Waals surface area contributed by atoms with Gasteiger partial charge in [-0.25, -0.2) is 0 Å². The highest BCUT2D eigenvalue weighted by atomic mass is 16.6. The number of guanidine groups is 1. The van der Waals surface area contributed by atoms with Crippen LogP contribution in [0.2, 0.25) is 0 Å². The summed E-state index contributed by atoms with van der Waals surface area (Å²) in [6, 6.07) is 0. The minimum Gasteiger partial charge on any atom is -0.402 e. The first kappa shape index (κ1) is 15.6. The molecule has 0 bridgehead atoms. The molecule has 0 aliphatic heterocycles. The average Bonchev–Trinajstić information content (AvgIpc) is 2.00. The summed E-state index contributed by atoms with van der Waals surface area (Å²) < 4.78 is 4.45. The molecule has 0 aliphatic rings. The zero-order valence-corrected chi connectivity index (χ0v) is 8.40. The van der Waals surface area contributed by atoms with Crippen molar-refractivity contribution in [2.75, 3.05) is 13.2 Å². The van der Waals surface area contributed by atoms with Gasteiger partial charge >= 0.3 is 7.32 Å². The monoisotopic (exact) mass is 207 g/mol. The van der Waals surface area contributed by atoms with Crippen LogP contribution in [0.25, 0.3) is 0 Å². The van der Waals surface area contributed by atoms with Crippen molar-refractivity contribution in [1.29, 1.82) is 5.41 Å². The zero-order chi connectivity index (χ0) is 11.8. The summed E-state index contributed by atoms with van der Waals surface area (Å²) in [6.45, 7) is 3.60. The summed E-state index contributed by atoms with van der Waals surface area (Å²) in [5.74, 6) is -0.333. The quantitative estimate of drug-likeness (QED) is 0.176. The molecule has 0 heterocycles. The maximum absolute atomic E-state index is 8.66. The van der Waals surface area contributed by atoms with Crippen LogP contribution in [-0.4, -0.2) is 41.6 Å². The third-order valence-electron chi connectivity index (χ3n) is 1.05. The van der Waals surface area contributed by atoms with Crippen LogP contribution in [0.4, 0.5) is 0 Å². The van der Waals surface area contributed by atoms with Gasteiger partial charge in [-0.3, -0.25) is 5.41 Å². The fourth-order valence-corrected chi connectivity index (χ4v) is 0.346. The van der Waals surface area contributed by atoms with E-state index in [1.54, 1.807) is 13.8 Å². The fourth-order valence-electron chi connectivity index (χ4n) is 0.346. The van der Waals surface area contributed by atoms with Gasteiger partial charge in [0.15, 0.2) is 5.96 Å². The summed E-state index contributed by atoms with van der Waals surface area (Å²) in [5, 5.41) is 31.2. The lowest BCUT2D eigenvalue weighted by atomic mass is 9.96. The van der Waals surface area contributed by atoms with Gasteiger partial charge in [0.2, 0.25) is 0 Å². The Bertz CT molecular complexity index is 161. The molecule has 0 spiro atoms. The lowest BCUT2D eigenvalue weighted by Crippen LogP contribution is -2.29. The first-order chi connectivity index (χ1) is 6.21. The molecule has 0 aromatic rings. The molecule has 0 saturated heterocycles. The Morgan fingerprint density at radius 2 is 1.79 bits per heavy atom. The molecule has 7 nitrogen and oxygen atoms in total. The third kappa shape index (κ3) is 17.3. The normalized spacial score (nSPS) is 10.1. The molecule has 0 fully saturated rings. The number of nitrogens with one attached hydrogen (secondary N) is 1. The van der Waals surface area contributed by atoms with Gasteiger partial charge in [0.25, 0.3) is 0 Å². The molecular formula is C6H18BN3O4. The van der Waals surface area contributed by atoms with Crippen LogP contribution in [0.3, 0.4) is 0 Å². The molecule has 0 aromatic carbocycles. The van der Waals surface area contributed by atoms with Gasteiger partial charge in [0.1, 0.15) is 0 Å². The van der Waals surface area contributed by atoms with Gasteiger partial charge in [0.05, 0.1) is 6.61 Å². The van der Waals surface area contributed by atoms with Crippen LogP contribution >= 0.6 is 0 Å². The van der Waals surface area contributed by atoms with E-state index in [4.69, 9.17) is 20.6 Å². The van der Waals surface area contributed by atoms with Gasteiger partial charge in [-0.2, -0.15) is 0 Å². The molecule has 0 unspecified atom stereocenters. The van der Waals surface area contributed by atoms with E-state index in [1.807, 2.05) is 0 Å². The Kier molecular flexibility index (Phi) is 8.45. The molecule has 0 atom stereocenters. The minimum absolute atomic E-state index is 0.0419. The highest BCUT2D eigenvalue weighted by molar-refractivity contribution is 6.32. The van der Waals surface area contributed by atoms with Crippen molar-refractivity contribution >= 4 is 13.3 Å². The molecule has 14 heavy (non-hydrogen) atoms. The summed E-state index contributed by atoms with van der Waals surface area (Å²) in [6.07, 6.45) is 0. The Balaban J connectivity index is 0. The molecule has 0 aliphatic carbocycles.